The molecule has 26 heavy (non-hydrogen) atoms. The number of pyridine rings is 1. The van der Waals surface area contributed by atoms with Crippen LogP contribution >= 0.6 is 0 Å². The van der Waals surface area contributed by atoms with E-state index in [0.717, 1.165) is 18.5 Å². The molecule has 1 amide bonds. The van der Waals surface area contributed by atoms with Crippen LogP contribution in [0.25, 0.3) is 6.08 Å². The Labute approximate surface area is 151 Å². The highest BCUT2D eigenvalue weighted by Crippen LogP contribution is 2.17. The largest absolute Gasteiger partial charge is 0.355 e. The quantitative estimate of drug-likeness (QED) is 0.480. The molecule has 0 aliphatic carbocycles. The lowest BCUT2D eigenvalue weighted by Crippen LogP contribution is -2.34. The fraction of sp³-hybridized carbons (Fsp3) is 0.263. The third-order valence-corrected chi connectivity index (χ3v) is 4.29. The van der Waals surface area contributed by atoms with Crippen molar-refractivity contribution in [3.8, 4) is 0 Å². The van der Waals surface area contributed by atoms with Gasteiger partial charge in [-0.2, -0.15) is 0 Å². The summed E-state index contributed by atoms with van der Waals surface area (Å²) in [6.45, 7) is 2.69. The Morgan fingerprint density at radius 3 is 2.58 bits per heavy atom. The molecule has 3 rings (SSSR count). The predicted octanol–water partition coefficient (Wildman–Crippen LogP) is 2.74. The molecule has 1 aromatic carbocycles. The minimum Gasteiger partial charge on any atom is -0.355 e. The summed E-state index contributed by atoms with van der Waals surface area (Å²) in [5.74, 6) is 0.692. The van der Waals surface area contributed by atoms with Crippen molar-refractivity contribution in [1.82, 2.24) is 9.88 Å². The Morgan fingerprint density at radius 1 is 1.08 bits per heavy atom. The maximum absolute atomic E-state index is 12.4. The first-order chi connectivity index (χ1) is 12.6. The van der Waals surface area contributed by atoms with Crippen LogP contribution in [0.2, 0.25) is 0 Å². The Bertz CT molecular complexity index is 790. The van der Waals surface area contributed by atoms with Crippen LogP contribution in [0.5, 0.6) is 0 Å². The maximum Gasteiger partial charge on any atom is 0.287 e. The Balaban J connectivity index is 1.60. The van der Waals surface area contributed by atoms with Crippen molar-refractivity contribution in [2.45, 2.75) is 6.42 Å². The van der Waals surface area contributed by atoms with E-state index in [1.807, 2.05) is 41.3 Å². The molecule has 1 aliphatic rings. The Hall–Kier alpha value is -3.22. The van der Waals surface area contributed by atoms with E-state index in [1.54, 1.807) is 12.1 Å². The molecule has 0 atom stereocenters. The molecule has 1 aliphatic heterocycles. The molecule has 1 fully saturated rings. The molecule has 7 heteroatoms. The minimum absolute atomic E-state index is 0.00707. The Morgan fingerprint density at radius 2 is 1.88 bits per heavy atom. The molecule has 1 aromatic heterocycles. The zero-order chi connectivity index (χ0) is 18.4. The smallest absolute Gasteiger partial charge is 0.287 e. The topological polar surface area (TPSA) is 79.6 Å². The molecule has 134 valence electrons. The fourth-order valence-electron chi connectivity index (χ4n) is 2.88. The first kappa shape index (κ1) is 17.6. The van der Waals surface area contributed by atoms with Crippen molar-refractivity contribution in [3.63, 3.8) is 0 Å². The highest BCUT2D eigenvalue weighted by atomic mass is 16.6. The summed E-state index contributed by atoms with van der Waals surface area (Å²) in [5, 5.41) is 10.7. The molecule has 2 heterocycles. The maximum atomic E-state index is 12.4. The van der Waals surface area contributed by atoms with Gasteiger partial charge in [0.1, 0.15) is 12.0 Å². The second-order valence-electron chi connectivity index (χ2n) is 6.04. The van der Waals surface area contributed by atoms with E-state index in [0.29, 0.717) is 25.5 Å². The van der Waals surface area contributed by atoms with Gasteiger partial charge >= 0.3 is 0 Å². The SMILES string of the molecule is O=C(/C=C/c1ccccc1)N1CCCN(c2ccc([N+](=O)[O-])cn2)CC1. The standard InChI is InChI=1S/C19H20N4O3/c24-19(10-7-16-5-2-1-3-6-16)22-12-4-11-21(13-14-22)18-9-8-17(15-20-18)23(25)26/h1-3,5-10,15H,4,11-14H2/b10-7+. The molecule has 1 saturated heterocycles. The van der Waals surface area contributed by atoms with Crippen LogP contribution in [0.4, 0.5) is 11.5 Å². The number of hydrogen-bond donors (Lipinski definition) is 0. The summed E-state index contributed by atoms with van der Waals surface area (Å²) < 4.78 is 0. The molecule has 2 aromatic rings. The lowest BCUT2D eigenvalue weighted by Gasteiger charge is -2.22. The molecular formula is C19H20N4O3. The zero-order valence-electron chi connectivity index (χ0n) is 14.3. The second-order valence-corrected chi connectivity index (χ2v) is 6.04. The first-order valence-electron chi connectivity index (χ1n) is 8.51. The van der Waals surface area contributed by atoms with E-state index in [-0.39, 0.29) is 11.6 Å². The van der Waals surface area contributed by atoms with Crippen molar-refractivity contribution in [1.29, 1.82) is 0 Å². The number of aromatic nitrogens is 1. The number of rotatable bonds is 4. The number of carbonyl (C=O) groups excluding carboxylic acids is 1. The number of nitrogens with zero attached hydrogens (tertiary/aromatic N) is 4. The van der Waals surface area contributed by atoms with Crippen molar-refractivity contribution >= 4 is 23.5 Å². The third kappa shape index (κ3) is 4.44. The van der Waals surface area contributed by atoms with Crippen molar-refractivity contribution in [3.05, 3.63) is 70.4 Å². The van der Waals surface area contributed by atoms with Gasteiger partial charge in [-0.15, -0.1) is 0 Å². The van der Waals surface area contributed by atoms with Gasteiger partial charge < -0.3 is 9.80 Å². The Kier molecular flexibility index (Phi) is 5.58. The molecule has 0 unspecified atom stereocenters. The lowest BCUT2D eigenvalue weighted by molar-refractivity contribution is -0.385. The van der Waals surface area contributed by atoms with Crippen LogP contribution in [0, 0.1) is 10.1 Å². The van der Waals surface area contributed by atoms with Crippen LogP contribution in [-0.2, 0) is 4.79 Å². The number of benzene rings is 1. The van der Waals surface area contributed by atoms with Gasteiger partial charge in [0.15, 0.2) is 0 Å². The number of amides is 1. The van der Waals surface area contributed by atoms with E-state index in [2.05, 4.69) is 9.88 Å². The van der Waals surface area contributed by atoms with E-state index < -0.39 is 4.92 Å². The first-order valence-corrected chi connectivity index (χ1v) is 8.51. The van der Waals surface area contributed by atoms with Crippen LogP contribution in [0.3, 0.4) is 0 Å². The van der Waals surface area contributed by atoms with Crippen molar-refractivity contribution in [2.75, 3.05) is 31.1 Å². The average Bonchev–Trinajstić information content (AvgIpc) is 2.93. The molecule has 0 spiro atoms. The van der Waals surface area contributed by atoms with Gasteiger partial charge in [-0.25, -0.2) is 4.98 Å². The van der Waals surface area contributed by atoms with Gasteiger partial charge in [0.2, 0.25) is 5.91 Å². The number of carbonyl (C=O) groups is 1. The summed E-state index contributed by atoms with van der Waals surface area (Å²) in [6, 6.07) is 12.8. The molecule has 7 nitrogen and oxygen atoms in total. The molecular weight excluding hydrogens is 332 g/mol. The van der Waals surface area contributed by atoms with Gasteiger partial charge in [0.25, 0.3) is 5.69 Å². The minimum atomic E-state index is -0.460. The van der Waals surface area contributed by atoms with E-state index in [1.165, 1.54) is 12.3 Å². The van der Waals surface area contributed by atoms with Gasteiger partial charge in [-0.1, -0.05) is 30.3 Å². The number of hydrogen-bond acceptors (Lipinski definition) is 5. The summed E-state index contributed by atoms with van der Waals surface area (Å²) in [7, 11) is 0. The monoisotopic (exact) mass is 352 g/mol. The summed E-state index contributed by atoms with van der Waals surface area (Å²) in [4.78, 5) is 30.7. The van der Waals surface area contributed by atoms with Crippen LogP contribution < -0.4 is 4.90 Å². The normalized spacial score (nSPS) is 15.1. The lowest BCUT2D eigenvalue weighted by atomic mass is 10.2. The zero-order valence-corrected chi connectivity index (χ0v) is 14.3. The van der Waals surface area contributed by atoms with Gasteiger partial charge in [0.05, 0.1) is 4.92 Å². The van der Waals surface area contributed by atoms with E-state index >= 15 is 0 Å². The van der Waals surface area contributed by atoms with E-state index in [4.69, 9.17) is 0 Å². The summed E-state index contributed by atoms with van der Waals surface area (Å²) >= 11 is 0. The van der Waals surface area contributed by atoms with Crippen LogP contribution in [-0.4, -0.2) is 46.9 Å². The molecule has 0 radical (unpaired) electrons. The van der Waals surface area contributed by atoms with E-state index in [9.17, 15) is 14.9 Å². The number of nitro groups is 1. The highest BCUT2D eigenvalue weighted by Gasteiger charge is 2.19. The fourth-order valence-corrected chi connectivity index (χ4v) is 2.88. The summed E-state index contributed by atoms with van der Waals surface area (Å²) in [5.41, 5.74) is 0.971. The van der Waals surface area contributed by atoms with Gasteiger partial charge in [-0.3, -0.25) is 14.9 Å². The molecule has 0 saturated carbocycles. The third-order valence-electron chi connectivity index (χ3n) is 4.29. The molecule has 0 N–H and O–H groups in total. The van der Waals surface area contributed by atoms with Crippen LogP contribution in [0.15, 0.2) is 54.7 Å². The molecule has 0 bridgehead atoms. The average molecular weight is 352 g/mol. The predicted molar refractivity (Wildman–Crippen MR) is 99.8 cm³/mol. The van der Waals surface area contributed by atoms with Gasteiger partial charge in [0, 0.05) is 38.3 Å². The number of anilines is 1. The van der Waals surface area contributed by atoms with Gasteiger partial charge in [-0.05, 0) is 24.1 Å². The van der Waals surface area contributed by atoms with Crippen molar-refractivity contribution in [2.24, 2.45) is 0 Å². The second kappa shape index (κ2) is 8.24. The van der Waals surface area contributed by atoms with Crippen LogP contribution in [0.1, 0.15) is 12.0 Å². The summed E-state index contributed by atoms with van der Waals surface area (Å²) in [6.07, 6.45) is 5.52. The highest BCUT2D eigenvalue weighted by molar-refractivity contribution is 5.91. The van der Waals surface area contributed by atoms with Crippen molar-refractivity contribution < 1.29 is 9.72 Å².